The van der Waals surface area contributed by atoms with Crippen molar-refractivity contribution in [2.24, 2.45) is 0 Å². The lowest BCUT2D eigenvalue weighted by Crippen LogP contribution is -2.39. The van der Waals surface area contributed by atoms with Crippen LogP contribution in [0.5, 0.6) is 0 Å². The van der Waals surface area contributed by atoms with E-state index in [2.05, 4.69) is 0 Å². The summed E-state index contributed by atoms with van der Waals surface area (Å²) in [6.07, 6.45) is 6.95. The Labute approximate surface area is 159 Å². The van der Waals surface area contributed by atoms with Crippen LogP contribution in [0.3, 0.4) is 0 Å². The maximum atomic E-state index is 13.2. The second-order valence-corrected chi connectivity index (χ2v) is 8.49. The van der Waals surface area contributed by atoms with E-state index in [-0.39, 0.29) is 23.0 Å². The summed E-state index contributed by atoms with van der Waals surface area (Å²) < 4.78 is 13.2. The van der Waals surface area contributed by atoms with E-state index < -0.39 is 0 Å². The fourth-order valence-corrected chi connectivity index (χ4v) is 5.36. The number of benzene rings is 1. The van der Waals surface area contributed by atoms with E-state index >= 15 is 0 Å². The quantitative estimate of drug-likeness (QED) is 0.613. The molecule has 0 N–H and O–H groups in total. The molecule has 2 amide bonds. The minimum atomic E-state index is -0.279. The second-order valence-electron chi connectivity index (χ2n) is 6.55. The van der Waals surface area contributed by atoms with Crippen molar-refractivity contribution in [3.63, 3.8) is 0 Å². The Morgan fingerprint density at radius 1 is 1.04 bits per heavy atom. The summed E-state index contributed by atoms with van der Waals surface area (Å²) in [5.41, 5.74) is 1.84. The molecule has 2 fully saturated rings. The molecule has 0 atom stereocenters. The third-order valence-electron chi connectivity index (χ3n) is 4.88. The summed E-state index contributed by atoms with van der Waals surface area (Å²) in [5, 5.41) is 1.78. The van der Waals surface area contributed by atoms with Gasteiger partial charge >= 0.3 is 0 Å². The van der Waals surface area contributed by atoms with Gasteiger partial charge in [-0.3, -0.25) is 14.5 Å². The molecule has 6 heteroatoms. The zero-order valence-corrected chi connectivity index (χ0v) is 15.7. The van der Waals surface area contributed by atoms with E-state index in [0.717, 1.165) is 53.4 Å². The van der Waals surface area contributed by atoms with Crippen LogP contribution in [0.2, 0.25) is 0 Å². The number of rotatable bonds is 3. The maximum absolute atomic E-state index is 13.2. The molecule has 1 saturated carbocycles. The predicted molar refractivity (Wildman–Crippen MR) is 104 cm³/mol. The molecule has 0 radical (unpaired) electrons. The Balaban J connectivity index is 1.61. The van der Waals surface area contributed by atoms with Crippen molar-refractivity contribution in [2.45, 2.75) is 38.1 Å². The van der Waals surface area contributed by atoms with Crippen LogP contribution in [-0.4, -0.2) is 22.1 Å². The Hall–Kier alpha value is -1.92. The molecular formula is C20H18FNO2S2. The van der Waals surface area contributed by atoms with E-state index in [9.17, 15) is 14.0 Å². The average Bonchev–Trinajstić information content (AvgIpc) is 3.21. The first-order chi connectivity index (χ1) is 12.6. The molecule has 134 valence electrons. The molecule has 3 nitrogen and oxygen atoms in total. The van der Waals surface area contributed by atoms with Gasteiger partial charge in [-0.25, -0.2) is 4.39 Å². The summed E-state index contributed by atoms with van der Waals surface area (Å²) >= 11 is 2.54. The summed E-state index contributed by atoms with van der Waals surface area (Å²) in [4.78, 5) is 28.1. The van der Waals surface area contributed by atoms with Crippen molar-refractivity contribution in [3.05, 3.63) is 51.3 Å². The summed E-state index contributed by atoms with van der Waals surface area (Å²) in [7, 11) is 0. The zero-order valence-electron chi connectivity index (χ0n) is 14.1. The molecule has 2 aliphatic rings. The number of carbonyl (C=O) groups excluding carboxylic acids is 2. The average molecular weight is 388 g/mol. The molecule has 0 bridgehead atoms. The SMILES string of the molecule is O=C1S/C(=C\c2sccc2-c2ccc(F)cc2)C(=O)N1C1CCCCC1. The van der Waals surface area contributed by atoms with Crippen LogP contribution in [-0.2, 0) is 4.79 Å². The molecule has 0 unspecified atom stereocenters. The highest BCUT2D eigenvalue weighted by Gasteiger charge is 2.40. The fraction of sp³-hybridized carbons (Fsp3) is 0.300. The molecule has 1 saturated heterocycles. The topological polar surface area (TPSA) is 37.4 Å². The lowest BCUT2D eigenvalue weighted by molar-refractivity contribution is -0.124. The number of carbonyl (C=O) groups is 2. The lowest BCUT2D eigenvalue weighted by atomic mass is 9.94. The summed E-state index contributed by atoms with van der Waals surface area (Å²) in [6, 6.07) is 8.30. The molecular weight excluding hydrogens is 369 g/mol. The van der Waals surface area contributed by atoms with E-state index in [1.54, 1.807) is 18.2 Å². The van der Waals surface area contributed by atoms with E-state index in [1.807, 2.05) is 11.4 Å². The van der Waals surface area contributed by atoms with Gasteiger partial charge in [0.25, 0.3) is 11.1 Å². The van der Waals surface area contributed by atoms with Crippen LogP contribution in [0.25, 0.3) is 17.2 Å². The zero-order chi connectivity index (χ0) is 18.1. The van der Waals surface area contributed by atoms with Gasteiger partial charge < -0.3 is 0 Å². The number of halogens is 1. The van der Waals surface area contributed by atoms with Crippen molar-refractivity contribution in [1.82, 2.24) is 4.90 Å². The number of amides is 2. The van der Waals surface area contributed by atoms with E-state index in [0.29, 0.717) is 4.91 Å². The number of hydrogen-bond acceptors (Lipinski definition) is 4. The summed E-state index contributed by atoms with van der Waals surface area (Å²) in [5.74, 6) is -0.454. The van der Waals surface area contributed by atoms with Crippen LogP contribution in [0.1, 0.15) is 37.0 Å². The number of nitrogens with zero attached hydrogens (tertiary/aromatic N) is 1. The summed E-state index contributed by atoms with van der Waals surface area (Å²) in [6.45, 7) is 0. The van der Waals surface area contributed by atoms with Gasteiger partial charge in [-0.15, -0.1) is 11.3 Å². The number of thioether (sulfide) groups is 1. The normalized spacial score (nSPS) is 20.3. The van der Waals surface area contributed by atoms with Gasteiger partial charge in [-0.05, 0) is 65.4 Å². The van der Waals surface area contributed by atoms with Crippen molar-refractivity contribution in [1.29, 1.82) is 0 Å². The Kier molecular flexibility index (Phi) is 4.96. The van der Waals surface area contributed by atoms with Gasteiger partial charge in [0.05, 0.1) is 4.91 Å². The van der Waals surface area contributed by atoms with Gasteiger partial charge in [0.1, 0.15) is 5.82 Å². The Morgan fingerprint density at radius 3 is 2.50 bits per heavy atom. The predicted octanol–water partition coefficient (Wildman–Crippen LogP) is 5.92. The lowest BCUT2D eigenvalue weighted by Gasteiger charge is -2.28. The Morgan fingerprint density at radius 2 is 1.77 bits per heavy atom. The third-order valence-corrected chi connectivity index (χ3v) is 6.62. The van der Waals surface area contributed by atoms with Crippen LogP contribution in [0.15, 0.2) is 40.6 Å². The Bertz CT molecular complexity index is 866. The van der Waals surface area contributed by atoms with Gasteiger partial charge in [0.15, 0.2) is 0 Å². The molecule has 2 heterocycles. The third kappa shape index (κ3) is 3.35. The number of thiophene rings is 1. The molecule has 1 aromatic heterocycles. The van der Waals surface area contributed by atoms with Crippen molar-refractivity contribution < 1.29 is 14.0 Å². The van der Waals surface area contributed by atoms with Crippen LogP contribution in [0, 0.1) is 5.82 Å². The van der Waals surface area contributed by atoms with Crippen LogP contribution >= 0.6 is 23.1 Å². The first kappa shape index (κ1) is 17.5. The maximum Gasteiger partial charge on any atom is 0.293 e. The van der Waals surface area contributed by atoms with Gasteiger partial charge in [-0.2, -0.15) is 0 Å². The first-order valence-corrected chi connectivity index (χ1v) is 10.4. The van der Waals surface area contributed by atoms with Gasteiger partial charge in [0, 0.05) is 10.9 Å². The molecule has 26 heavy (non-hydrogen) atoms. The molecule has 4 rings (SSSR count). The number of imide groups is 1. The molecule has 1 aromatic carbocycles. The highest BCUT2D eigenvalue weighted by Crippen LogP contribution is 2.39. The van der Waals surface area contributed by atoms with E-state index in [4.69, 9.17) is 0 Å². The minimum absolute atomic E-state index is 0.0436. The monoisotopic (exact) mass is 387 g/mol. The van der Waals surface area contributed by atoms with Gasteiger partial charge in [0.2, 0.25) is 0 Å². The number of hydrogen-bond donors (Lipinski definition) is 0. The second kappa shape index (κ2) is 7.37. The van der Waals surface area contributed by atoms with Crippen LogP contribution < -0.4 is 0 Å². The van der Waals surface area contributed by atoms with Crippen molar-refractivity contribution in [3.8, 4) is 11.1 Å². The first-order valence-electron chi connectivity index (χ1n) is 8.74. The smallest absolute Gasteiger partial charge is 0.268 e. The van der Waals surface area contributed by atoms with Crippen molar-refractivity contribution >= 4 is 40.3 Å². The standard InChI is InChI=1S/C20H18FNO2S2/c21-14-8-6-13(7-9-14)16-10-11-25-17(16)12-18-19(23)22(20(24)26-18)15-4-2-1-3-5-15/h6-12,15H,1-5H2/b18-12-. The minimum Gasteiger partial charge on any atom is -0.268 e. The fourth-order valence-electron chi connectivity index (χ4n) is 3.55. The highest BCUT2D eigenvalue weighted by molar-refractivity contribution is 8.18. The van der Waals surface area contributed by atoms with E-state index in [1.165, 1.54) is 34.8 Å². The molecule has 2 aromatic rings. The molecule has 1 aliphatic heterocycles. The largest absolute Gasteiger partial charge is 0.293 e. The van der Waals surface area contributed by atoms with Gasteiger partial charge in [-0.1, -0.05) is 31.4 Å². The molecule has 0 spiro atoms. The highest BCUT2D eigenvalue weighted by atomic mass is 32.2. The van der Waals surface area contributed by atoms with Crippen LogP contribution in [0.4, 0.5) is 9.18 Å². The van der Waals surface area contributed by atoms with Crippen molar-refractivity contribution in [2.75, 3.05) is 0 Å². The molecule has 1 aliphatic carbocycles.